The number of hydrogen-bond acceptors (Lipinski definition) is 5. The Kier molecular flexibility index (Phi) is 2.80. The van der Waals surface area contributed by atoms with Gasteiger partial charge in [-0.25, -0.2) is 4.98 Å². The van der Waals surface area contributed by atoms with Crippen molar-refractivity contribution in [2.24, 2.45) is 0 Å². The van der Waals surface area contributed by atoms with Gasteiger partial charge in [-0.1, -0.05) is 0 Å². The standard InChI is InChI=1S/C7H9N3O4/c1-5-8-3-7(10(12)13)9(5)4-14-6(2)11/h3H,4H2,1-2H3. The minimum atomic E-state index is -0.580. The van der Waals surface area contributed by atoms with Crippen LogP contribution in [0.25, 0.3) is 0 Å². The maximum absolute atomic E-state index is 10.5. The number of esters is 1. The van der Waals surface area contributed by atoms with Crippen LogP contribution >= 0.6 is 0 Å². The molecule has 0 aromatic carbocycles. The zero-order chi connectivity index (χ0) is 10.7. The van der Waals surface area contributed by atoms with E-state index < -0.39 is 10.9 Å². The molecule has 7 nitrogen and oxygen atoms in total. The summed E-state index contributed by atoms with van der Waals surface area (Å²) < 4.78 is 5.85. The number of rotatable bonds is 3. The highest BCUT2D eigenvalue weighted by Gasteiger charge is 2.17. The van der Waals surface area contributed by atoms with E-state index in [2.05, 4.69) is 9.72 Å². The lowest BCUT2D eigenvalue weighted by atomic mass is 10.7. The number of carbonyl (C=O) groups is 1. The Balaban J connectivity index is 2.88. The molecule has 0 fully saturated rings. The van der Waals surface area contributed by atoms with Crippen LogP contribution < -0.4 is 0 Å². The molecule has 0 aliphatic rings. The summed E-state index contributed by atoms with van der Waals surface area (Å²) >= 11 is 0. The maximum atomic E-state index is 10.5. The topological polar surface area (TPSA) is 87.3 Å². The summed E-state index contributed by atoms with van der Waals surface area (Å²) in [5, 5.41) is 10.5. The highest BCUT2D eigenvalue weighted by atomic mass is 16.6. The number of ether oxygens (including phenoxy) is 1. The van der Waals surface area contributed by atoms with Gasteiger partial charge in [0.05, 0.1) is 0 Å². The van der Waals surface area contributed by atoms with Crippen molar-refractivity contribution in [3.05, 3.63) is 22.1 Å². The van der Waals surface area contributed by atoms with E-state index in [-0.39, 0.29) is 12.5 Å². The van der Waals surface area contributed by atoms with Crippen LogP contribution in [0.4, 0.5) is 5.82 Å². The van der Waals surface area contributed by atoms with Crippen molar-refractivity contribution in [3.8, 4) is 0 Å². The second-order valence-electron chi connectivity index (χ2n) is 2.61. The molecule has 0 spiro atoms. The summed E-state index contributed by atoms with van der Waals surface area (Å²) in [6.45, 7) is 2.64. The van der Waals surface area contributed by atoms with Gasteiger partial charge in [0.1, 0.15) is 6.20 Å². The fraction of sp³-hybridized carbons (Fsp3) is 0.429. The summed E-state index contributed by atoms with van der Waals surface area (Å²) in [5.74, 6) is -0.255. The quantitative estimate of drug-likeness (QED) is 0.404. The Morgan fingerprint density at radius 3 is 2.93 bits per heavy atom. The molecule has 0 unspecified atom stereocenters. The monoisotopic (exact) mass is 199 g/mol. The summed E-state index contributed by atoms with van der Waals surface area (Å²) in [6.07, 6.45) is 1.12. The SMILES string of the molecule is CC(=O)OCn1c([N+](=O)[O-])cnc1C. The minimum absolute atomic E-state index is 0.183. The van der Waals surface area contributed by atoms with Crippen LogP contribution in [0.15, 0.2) is 6.20 Å². The van der Waals surface area contributed by atoms with Crippen molar-refractivity contribution in [3.63, 3.8) is 0 Å². The predicted octanol–water partition coefficient (Wildman–Crippen LogP) is 0.620. The van der Waals surface area contributed by atoms with Crippen LogP contribution in [0.1, 0.15) is 12.7 Å². The molecule has 1 aromatic rings. The number of aromatic nitrogens is 2. The van der Waals surface area contributed by atoms with E-state index in [1.807, 2.05) is 0 Å². The molecule has 0 N–H and O–H groups in total. The zero-order valence-corrected chi connectivity index (χ0v) is 7.76. The Morgan fingerprint density at radius 2 is 2.43 bits per heavy atom. The highest BCUT2D eigenvalue weighted by Crippen LogP contribution is 2.13. The molecule has 0 saturated carbocycles. The van der Waals surface area contributed by atoms with Crippen molar-refractivity contribution in [2.75, 3.05) is 0 Å². The minimum Gasteiger partial charge on any atom is -0.425 e. The Morgan fingerprint density at radius 1 is 1.79 bits per heavy atom. The lowest BCUT2D eigenvalue weighted by Crippen LogP contribution is -2.10. The van der Waals surface area contributed by atoms with E-state index in [1.54, 1.807) is 6.92 Å². The molecule has 0 aliphatic carbocycles. The van der Waals surface area contributed by atoms with Crippen molar-refractivity contribution in [1.29, 1.82) is 0 Å². The average molecular weight is 199 g/mol. The fourth-order valence-corrected chi connectivity index (χ4v) is 0.917. The molecule has 0 aliphatic heterocycles. The second kappa shape index (κ2) is 3.86. The molecule has 14 heavy (non-hydrogen) atoms. The molecule has 0 radical (unpaired) electrons. The molecule has 1 aromatic heterocycles. The maximum Gasteiger partial charge on any atom is 0.345 e. The molecule has 7 heteroatoms. The molecule has 1 heterocycles. The highest BCUT2D eigenvalue weighted by molar-refractivity contribution is 5.65. The molecule has 0 bridgehead atoms. The fourth-order valence-electron chi connectivity index (χ4n) is 0.917. The first-order valence-corrected chi connectivity index (χ1v) is 3.82. The van der Waals surface area contributed by atoms with Gasteiger partial charge in [-0.2, -0.15) is 4.57 Å². The summed E-state index contributed by atoms with van der Waals surface area (Å²) in [4.78, 5) is 24.2. The van der Waals surface area contributed by atoms with Crippen LogP contribution in [-0.2, 0) is 16.3 Å². The van der Waals surface area contributed by atoms with E-state index in [1.165, 1.54) is 11.5 Å². The van der Waals surface area contributed by atoms with E-state index in [0.29, 0.717) is 5.82 Å². The summed E-state index contributed by atoms with van der Waals surface area (Å²) in [7, 11) is 0. The zero-order valence-electron chi connectivity index (χ0n) is 7.76. The Hall–Kier alpha value is -1.92. The van der Waals surface area contributed by atoms with Crippen LogP contribution in [0.3, 0.4) is 0 Å². The van der Waals surface area contributed by atoms with Crippen molar-refractivity contribution in [2.45, 2.75) is 20.6 Å². The lowest BCUT2D eigenvalue weighted by Gasteiger charge is -2.01. The van der Waals surface area contributed by atoms with Crippen LogP contribution in [0.2, 0.25) is 0 Å². The van der Waals surface area contributed by atoms with E-state index in [0.717, 1.165) is 6.20 Å². The van der Waals surface area contributed by atoms with Crippen molar-refractivity contribution >= 4 is 11.8 Å². The van der Waals surface area contributed by atoms with E-state index in [4.69, 9.17) is 0 Å². The number of carbonyl (C=O) groups excluding carboxylic acids is 1. The second-order valence-corrected chi connectivity index (χ2v) is 2.61. The van der Waals surface area contributed by atoms with Gasteiger partial charge < -0.3 is 14.9 Å². The molecule has 1 rings (SSSR count). The molecular weight excluding hydrogens is 190 g/mol. The Bertz CT molecular complexity index is 371. The van der Waals surface area contributed by atoms with Crippen molar-refractivity contribution in [1.82, 2.24) is 9.55 Å². The third-order valence-electron chi connectivity index (χ3n) is 1.62. The van der Waals surface area contributed by atoms with Gasteiger partial charge >= 0.3 is 11.8 Å². The van der Waals surface area contributed by atoms with Gasteiger partial charge in [0.15, 0.2) is 5.82 Å². The van der Waals surface area contributed by atoms with Crippen LogP contribution in [0, 0.1) is 17.0 Å². The number of imidazole rings is 1. The van der Waals surface area contributed by atoms with Gasteiger partial charge in [0.2, 0.25) is 6.73 Å². The first-order chi connectivity index (χ1) is 6.52. The molecule has 0 saturated heterocycles. The van der Waals surface area contributed by atoms with E-state index >= 15 is 0 Å². The molecule has 76 valence electrons. The van der Waals surface area contributed by atoms with Gasteiger partial charge in [-0.15, -0.1) is 0 Å². The smallest absolute Gasteiger partial charge is 0.345 e. The predicted molar refractivity (Wildman–Crippen MR) is 45.4 cm³/mol. The third-order valence-corrected chi connectivity index (χ3v) is 1.62. The normalized spacial score (nSPS) is 9.86. The molecule has 0 atom stereocenters. The average Bonchev–Trinajstić information content (AvgIpc) is 2.43. The van der Waals surface area contributed by atoms with Gasteiger partial charge in [-0.05, 0) is 4.92 Å². The van der Waals surface area contributed by atoms with Gasteiger partial charge in [0.25, 0.3) is 0 Å². The van der Waals surface area contributed by atoms with E-state index in [9.17, 15) is 14.9 Å². The van der Waals surface area contributed by atoms with Gasteiger partial charge in [-0.3, -0.25) is 4.79 Å². The van der Waals surface area contributed by atoms with Crippen molar-refractivity contribution < 1.29 is 14.5 Å². The largest absolute Gasteiger partial charge is 0.425 e. The molecule has 0 amide bonds. The number of aryl methyl sites for hydroxylation is 1. The third kappa shape index (κ3) is 2.06. The number of nitrogens with zero attached hydrogens (tertiary/aromatic N) is 3. The lowest BCUT2D eigenvalue weighted by molar-refractivity contribution is -0.393. The van der Waals surface area contributed by atoms with Crippen LogP contribution in [0.5, 0.6) is 0 Å². The van der Waals surface area contributed by atoms with Crippen LogP contribution in [-0.4, -0.2) is 20.4 Å². The number of nitro groups is 1. The summed E-state index contributed by atoms with van der Waals surface area (Å²) in [5.41, 5.74) is 0. The first-order valence-electron chi connectivity index (χ1n) is 3.82. The van der Waals surface area contributed by atoms with Gasteiger partial charge in [0, 0.05) is 13.8 Å². The summed E-state index contributed by atoms with van der Waals surface area (Å²) in [6, 6.07) is 0. The molecular formula is C7H9N3O4. The number of hydrogen-bond donors (Lipinski definition) is 0. The first kappa shape index (κ1) is 10.2. The Labute approximate surface area is 79.5 Å².